The van der Waals surface area contributed by atoms with Crippen LogP contribution in [0, 0.1) is 0 Å². The molecule has 1 amide bonds. The first-order valence-corrected chi connectivity index (χ1v) is 8.09. The van der Waals surface area contributed by atoms with Gasteiger partial charge in [-0.3, -0.25) is 9.48 Å². The van der Waals surface area contributed by atoms with Gasteiger partial charge < -0.3 is 11.1 Å². The molecule has 0 radical (unpaired) electrons. The Morgan fingerprint density at radius 1 is 1.27 bits per heavy atom. The predicted octanol–water partition coefficient (Wildman–Crippen LogP) is 3.46. The number of anilines is 1. The molecule has 0 aliphatic heterocycles. The van der Waals surface area contributed by atoms with E-state index in [9.17, 15) is 4.79 Å². The fourth-order valence-electron chi connectivity index (χ4n) is 2.53. The Labute approximate surface area is 131 Å². The van der Waals surface area contributed by atoms with Gasteiger partial charge in [-0.15, -0.1) is 0 Å². The van der Waals surface area contributed by atoms with Crippen molar-refractivity contribution in [2.24, 2.45) is 5.73 Å². The van der Waals surface area contributed by atoms with Crippen molar-refractivity contribution in [3.8, 4) is 0 Å². The summed E-state index contributed by atoms with van der Waals surface area (Å²) >= 11 is 0. The van der Waals surface area contributed by atoms with E-state index in [1.807, 2.05) is 29.1 Å². The van der Waals surface area contributed by atoms with Crippen LogP contribution >= 0.6 is 0 Å². The molecule has 0 bridgehead atoms. The molecule has 0 spiro atoms. The van der Waals surface area contributed by atoms with Crippen LogP contribution in [-0.2, 0) is 4.79 Å². The summed E-state index contributed by atoms with van der Waals surface area (Å²) in [6.45, 7) is 4.92. The molecule has 2 rings (SSSR count). The average molecular weight is 302 g/mol. The number of amides is 1. The van der Waals surface area contributed by atoms with E-state index in [1.54, 1.807) is 0 Å². The molecule has 22 heavy (non-hydrogen) atoms. The number of carbonyl (C=O) groups excluding carboxylic acids is 1. The molecule has 5 heteroatoms. The van der Waals surface area contributed by atoms with E-state index < -0.39 is 0 Å². The molecule has 0 fully saturated rings. The van der Waals surface area contributed by atoms with Gasteiger partial charge in [0.2, 0.25) is 5.91 Å². The van der Waals surface area contributed by atoms with Crippen molar-refractivity contribution in [3.63, 3.8) is 0 Å². The number of nitrogens with zero attached hydrogens (tertiary/aromatic N) is 2. The van der Waals surface area contributed by atoms with Gasteiger partial charge in [0.1, 0.15) is 0 Å². The Hall–Kier alpha value is -1.88. The largest absolute Gasteiger partial charge is 0.330 e. The first-order valence-electron chi connectivity index (χ1n) is 8.09. The van der Waals surface area contributed by atoms with Crippen LogP contribution in [0.3, 0.4) is 0 Å². The maximum Gasteiger partial charge on any atom is 0.224 e. The normalized spacial score (nSPS) is 11.3. The van der Waals surface area contributed by atoms with Gasteiger partial charge in [0.25, 0.3) is 0 Å². The van der Waals surface area contributed by atoms with Gasteiger partial charge in [-0.1, -0.05) is 12.8 Å². The maximum atomic E-state index is 12.0. The lowest BCUT2D eigenvalue weighted by molar-refractivity contribution is -0.116. The molecule has 0 saturated heterocycles. The van der Waals surface area contributed by atoms with E-state index in [1.165, 1.54) is 0 Å². The monoisotopic (exact) mass is 302 g/mol. The summed E-state index contributed by atoms with van der Waals surface area (Å²) in [5.74, 6) is 0.0720. The smallest absolute Gasteiger partial charge is 0.224 e. The highest BCUT2D eigenvalue weighted by Gasteiger charge is 2.08. The van der Waals surface area contributed by atoms with Crippen LogP contribution in [0.4, 0.5) is 5.69 Å². The molecule has 1 aromatic carbocycles. The average Bonchev–Trinajstić information content (AvgIpc) is 2.90. The van der Waals surface area contributed by atoms with E-state index >= 15 is 0 Å². The number of carbonyl (C=O) groups is 1. The highest BCUT2D eigenvalue weighted by Crippen LogP contribution is 2.22. The second-order valence-corrected chi connectivity index (χ2v) is 5.96. The van der Waals surface area contributed by atoms with Crippen molar-refractivity contribution in [1.82, 2.24) is 9.78 Å². The Morgan fingerprint density at radius 2 is 2.05 bits per heavy atom. The van der Waals surface area contributed by atoms with Crippen LogP contribution in [0.2, 0.25) is 0 Å². The van der Waals surface area contributed by atoms with E-state index in [-0.39, 0.29) is 5.91 Å². The molecule has 0 atom stereocenters. The number of hydrogen-bond acceptors (Lipinski definition) is 3. The molecule has 0 aliphatic carbocycles. The predicted molar refractivity (Wildman–Crippen MR) is 90.9 cm³/mol. The fourth-order valence-corrected chi connectivity index (χ4v) is 2.53. The number of hydrogen-bond donors (Lipinski definition) is 2. The SMILES string of the molecule is CC(C)n1ncc2ccc(NC(=O)CCCCCCN)cc21. The molecule has 5 nitrogen and oxygen atoms in total. The van der Waals surface area contributed by atoms with Crippen LogP contribution in [-0.4, -0.2) is 22.2 Å². The quantitative estimate of drug-likeness (QED) is 0.733. The third-order valence-corrected chi connectivity index (χ3v) is 3.73. The molecule has 1 heterocycles. The molecule has 0 unspecified atom stereocenters. The minimum atomic E-state index is 0.0720. The van der Waals surface area contributed by atoms with Crippen molar-refractivity contribution in [1.29, 1.82) is 0 Å². The Balaban J connectivity index is 1.93. The minimum absolute atomic E-state index is 0.0720. The van der Waals surface area contributed by atoms with Gasteiger partial charge >= 0.3 is 0 Å². The van der Waals surface area contributed by atoms with E-state index in [2.05, 4.69) is 24.3 Å². The lowest BCUT2D eigenvalue weighted by Gasteiger charge is -2.09. The molecular weight excluding hydrogens is 276 g/mol. The summed E-state index contributed by atoms with van der Waals surface area (Å²) in [5, 5.41) is 8.45. The topological polar surface area (TPSA) is 72.9 Å². The number of fused-ring (bicyclic) bond motifs is 1. The van der Waals surface area contributed by atoms with Crippen molar-refractivity contribution in [2.75, 3.05) is 11.9 Å². The number of aromatic nitrogens is 2. The van der Waals surface area contributed by atoms with Gasteiger partial charge in [0.05, 0.1) is 11.7 Å². The van der Waals surface area contributed by atoms with Gasteiger partial charge in [-0.2, -0.15) is 5.10 Å². The van der Waals surface area contributed by atoms with Crippen molar-refractivity contribution >= 4 is 22.5 Å². The number of benzene rings is 1. The summed E-state index contributed by atoms with van der Waals surface area (Å²) in [6.07, 6.45) is 6.53. The molecular formula is C17H26N4O. The number of unbranched alkanes of at least 4 members (excludes halogenated alkanes) is 3. The first kappa shape index (κ1) is 16.5. The summed E-state index contributed by atoms with van der Waals surface area (Å²) in [6, 6.07) is 6.22. The summed E-state index contributed by atoms with van der Waals surface area (Å²) in [7, 11) is 0. The zero-order valence-electron chi connectivity index (χ0n) is 13.5. The van der Waals surface area contributed by atoms with Crippen LogP contribution in [0.1, 0.15) is 52.0 Å². The Morgan fingerprint density at radius 3 is 2.77 bits per heavy atom. The molecule has 1 aromatic heterocycles. The second kappa shape index (κ2) is 7.94. The number of nitrogens with one attached hydrogen (secondary N) is 1. The van der Waals surface area contributed by atoms with E-state index in [0.29, 0.717) is 12.5 Å². The third-order valence-electron chi connectivity index (χ3n) is 3.73. The van der Waals surface area contributed by atoms with E-state index in [0.717, 1.165) is 48.8 Å². The fraction of sp³-hybridized carbons (Fsp3) is 0.529. The van der Waals surface area contributed by atoms with Gasteiger partial charge in [-0.25, -0.2) is 0 Å². The van der Waals surface area contributed by atoms with Crippen LogP contribution in [0.25, 0.3) is 10.9 Å². The summed E-state index contributed by atoms with van der Waals surface area (Å²) in [4.78, 5) is 12.0. The molecule has 0 saturated carbocycles. The van der Waals surface area contributed by atoms with Crippen molar-refractivity contribution in [2.45, 2.75) is 52.0 Å². The highest BCUT2D eigenvalue weighted by molar-refractivity contribution is 5.93. The third kappa shape index (κ3) is 4.31. The zero-order chi connectivity index (χ0) is 15.9. The first-order chi connectivity index (χ1) is 10.6. The second-order valence-electron chi connectivity index (χ2n) is 5.96. The van der Waals surface area contributed by atoms with Crippen LogP contribution in [0.5, 0.6) is 0 Å². The lowest BCUT2D eigenvalue weighted by Crippen LogP contribution is -2.11. The number of nitrogens with two attached hydrogens (primary N) is 1. The minimum Gasteiger partial charge on any atom is -0.330 e. The van der Waals surface area contributed by atoms with Gasteiger partial charge in [0, 0.05) is 23.5 Å². The van der Waals surface area contributed by atoms with Crippen molar-refractivity contribution < 1.29 is 4.79 Å². The lowest BCUT2D eigenvalue weighted by atomic mass is 10.1. The van der Waals surface area contributed by atoms with Crippen LogP contribution < -0.4 is 11.1 Å². The van der Waals surface area contributed by atoms with Gasteiger partial charge in [-0.05, 0) is 51.4 Å². The highest BCUT2D eigenvalue weighted by atomic mass is 16.1. The van der Waals surface area contributed by atoms with Crippen LogP contribution in [0.15, 0.2) is 24.4 Å². The van der Waals surface area contributed by atoms with Crippen molar-refractivity contribution in [3.05, 3.63) is 24.4 Å². The van der Waals surface area contributed by atoms with Gasteiger partial charge in [0.15, 0.2) is 0 Å². The summed E-state index contributed by atoms with van der Waals surface area (Å²) in [5.41, 5.74) is 7.34. The Kier molecular flexibility index (Phi) is 5.95. The zero-order valence-corrected chi connectivity index (χ0v) is 13.5. The summed E-state index contributed by atoms with van der Waals surface area (Å²) < 4.78 is 1.97. The maximum absolute atomic E-state index is 12.0. The molecule has 0 aliphatic rings. The number of rotatable bonds is 8. The molecule has 2 aromatic rings. The standard InChI is InChI=1S/C17H26N4O/c1-13(2)21-16-11-15(9-8-14(16)12-19-21)20-17(22)7-5-3-4-6-10-18/h8-9,11-13H,3-7,10,18H2,1-2H3,(H,20,22). The van der Waals surface area contributed by atoms with E-state index in [4.69, 9.17) is 5.73 Å². The molecule has 3 N–H and O–H groups in total. The molecule has 120 valence electrons. The Bertz CT molecular complexity index is 618.